The third-order valence-electron chi connectivity index (χ3n) is 4.85. The Balaban J connectivity index is 1.99. The average molecular weight is 348 g/mol. The minimum Gasteiger partial charge on any atom is -0.379 e. The van der Waals surface area contributed by atoms with Crippen molar-refractivity contribution in [2.45, 2.75) is 46.1 Å². The van der Waals surface area contributed by atoms with Gasteiger partial charge in [-0.2, -0.15) is 0 Å². The van der Waals surface area contributed by atoms with Crippen LogP contribution in [0.4, 0.5) is 0 Å². The monoisotopic (exact) mass is 348 g/mol. The highest BCUT2D eigenvalue weighted by atomic mass is 16.5. The number of carbonyl (C=O) groups excluding carboxylic acids is 1. The smallest absolute Gasteiger partial charge is 0.251 e. The van der Waals surface area contributed by atoms with E-state index in [2.05, 4.69) is 34.2 Å². The van der Waals surface area contributed by atoms with Crippen LogP contribution in [0.2, 0.25) is 0 Å². The molecule has 2 rings (SSSR count). The third-order valence-corrected chi connectivity index (χ3v) is 4.85. The van der Waals surface area contributed by atoms with Crippen LogP contribution in [-0.4, -0.2) is 62.5 Å². The molecule has 2 aliphatic rings. The zero-order valence-corrected chi connectivity index (χ0v) is 16.1. The van der Waals surface area contributed by atoms with Crippen molar-refractivity contribution in [1.29, 1.82) is 0 Å². The minimum atomic E-state index is -0.0466. The first-order chi connectivity index (χ1) is 11.9. The van der Waals surface area contributed by atoms with Gasteiger partial charge in [0.2, 0.25) is 0 Å². The highest BCUT2D eigenvalue weighted by Crippen LogP contribution is 2.36. The molecule has 1 aliphatic heterocycles. The lowest BCUT2D eigenvalue weighted by atomic mass is 10.0. The Hall–Kier alpha value is -1.66. The van der Waals surface area contributed by atoms with Gasteiger partial charge in [-0.3, -0.25) is 9.69 Å². The van der Waals surface area contributed by atoms with Crippen LogP contribution in [0.5, 0.6) is 0 Å². The topological polar surface area (TPSA) is 66.0 Å². The Labute approximate surface area is 151 Å². The largest absolute Gasteiger partial charge is 0.379 e. The van der Waals surface area contributed by atoms with E-state index in [-0.39, 0.29) is 11.4 Å². The zero-order valence-electron chi connectivity index (χ0n) is 16.1. The van der Waals surface area contributed by atoms with Crippen molar-refractivity contribution >= 4 is 12.6 Å². The van der Waals surface area contributed by atoms with Gasteiger partial charge in [0.15, 0.2) is 0 Å². The number of allylic oxidation sites excluding steroid dienone is 1. The van der Waals surface area contributed by atoms with Gasteiger partial charge in [-0.25, -0.2) is 4.99 Å². The third kappa shape index (κ3) is 5.68. The van der Waals surface area contributed by atoms with Crippen molar-refractivity contribution < 1.29 is 9.53 Å². The quantitative estimate of drug-likeness (QED) is 0.399. The number of nitrogens with one attached hydrogen (secondary N) is 2. The van der Waals surface area contributed by atoms with Crippen LogP contribution in [0.1, 0.15) is 40.5 Å². The first kappa shape index (κ1) is 19.7. The zero-order chi connectivity index (χ0) is 18.4. The molecule has 1 saturated heterocycles. The number of nitrogens with zero attached hydrogens (tertiary/aromatic N) is 2. The highest BCUT2D eigenvalue weighted by Gasteiger charge is 2.38. The number of aliphatic imine (C=N–C) groups is 1. The van der Waals surface area contributed by atoms with Crippen LogP contribution in [0, 0.1) is 0 Å². The predicted octanol–water partition coefficient (Wildman–Crippen LogP) is 1.85. The number of carbonyl (C=O) groups is 1. The molecule has 0 aromatic carbocycles. The minimum absolute atomic E-state index is 0.0466. The molecule has 2 fully saturated rings. The fourth-order valence-corrected chi connectivity index (χ4v) is 2.98. The van der Waals surface area contributed by atoms with Crippen molar-refractivity contribution in [2.24, 2.45) is 4.99 Å². The van der Waals surface area contributed by atoms with Gasteiger partial charge in [-0.15, -0.1) is 0 Å². The maximum Gasteiger partial charge on any atom is 0.251 e. The number of hydrogen-bond acceptors (Lipinski definition) is 5. The van der Waals surface area contributed by atoms with Gasteiger partial charge in [-0.05, 0) is 47.3 Å². The molecule has 6 heteroatoms. The molecule has 0 radical (unpaired) electrons. The van der Waals surface area contributed by atoms with E-state index in [0.29, 0.717) is 17.9 Å². The fraction of sp³-hybridized carbons (Fsp3) is 0.684. The second-order valence-electron chi connectivity index (χ2n) is 7.40. The van der Waals surface area contributed by atoms with Gasteiger partial charge in [0, 0.05) is 42.9 Å². The van der Waals surface area contributed by atoms with Gasteiger partial charge in [-0.1, -0.05) is 5.57 Å². The number of ether oxygens (including phenoxy) is 1. The van der Waals surface area contributed by atoms with Crippen LogP contribution in [0.3, 0.4) is 0 Å². The Morgan fingerprint density at radius 2 is 1.88 bits per heavy atom. The molecule has 0 aromatic heterocycles. The van der Waals surface area contributed by atoms with Crippen LogP contribution in [0.25, 0.3) is 0 Å². The van der Waals surface area contributed by atoms with Crippen molar-refractivity contribution in [2.75, 3.05) is 39.4 Å². The SMILES string of the molecule is C=N/C(NC1(C)CC1)=C(\C)C(C(=O)NCCN1CCOCC1)=C(C)C. The number of rotatable bonds is 8. The van der Waals surface area contributed by atoms with Crippen molar-refractivity contribution in [1.82, 2.24) is 15.5 Å². The van der Waals surface area contributed by atoms with Crippen LogP contribution < -0.4 is 10.6 Å². The van der Waals surface area contributed by atoms with Crippen LogP contribution in [0.15, 0.2) is 27.5 Å². The van der Waals surface area contributed by atoms with Gasteiger partial charge < -0.3 is 15.4 Å². The van der Waals surface area contributed by atoms with E-state index in [1.807, 2.05) is 20.8 Å². The second kappa shape index (κ2) is 8.63. The molecule has 1 heterocycles. The van der Waals surface area contributed by atoms with Crippen LogP contribution in [-0.2, 0) is 9.53 Å². The molecule has 1 saturated carbocycles. The van der Waals surface area contributed by atoms with Gasteiger partial charge in [0.1, 0.15) is 5.82 Å². The lowest BCUT2D eigenvalue weighted by molar-refractivity contribution is -0.117. The summed E-state index contributed by atoms with van der Waals surface area (Å²) in [4.78, 5) is 19.2. The molecule has 0 unspecified atom stereocenters. The van der Waals surface area contributed by atoms with E-state index < -0.39 is 0 Å². The maximum absolute atomic E-state index is 12.7. The summed E-state index contributed by atoms with van der Waals surface area (Å²) < 4.78 is 5.35. The lowest BCUT2D eigenvalue weighted by Gasteiger charge is -2.26. The summed E-state index contributed by atoms with van der Waals surface area (Å²) in [6.45, 7) is 16.6. The summed E-state index contributed by atoms with van der Waals surface area (Å²) in [5, 5.41) is 6.48. The molecule has 0 aromatic rings. The molecule has 0 spiro atoms. The highest BCUT2D eigenvalue weighted by molar-refractivity contribution is 5.98. The van der Waals surface area contributed by atoms with E-state index in [0.717, 1.165) is 56.8 Å². The van der Waals surface area contributed by atoms with Gasteiger partial charge >= 0.3 is 0 Å². The van der Waals surface area contributed by atoms with Crippen LogP contribution >= 0.6 is 0 Å². The van der Waals surface area contributed by atoms with Crippen molar-refractivity contribution in [3.63, 3.8) is 0 Å². The van der Waals surface area contributed by atoms with E-state index >= 15 is 0 Å². The molecule has 1 amide bonds. The van der Waals surface area contributed by atoms with Gasteiger partial charge in [0.25, 0.3) is 5.91 Å². The fourth-order valence-electron chi connectivity index (χ4n) is 2.98. The molecule has 25 heavy (non-hydrogen) atoms. The summed E-state index contributed by atoms with van der Waals surface area (Å²) in [6.07, 6.45) is 2.24. The Morgan fingerprint density at radius 1 is 1.24 bits per heavy atom. The Morgan fingerprint density at radius 3 is 2.40 bits per heavy atom. The molecule has 6 nitrogen and oxygen atoms in total. The Bertz CT molecular complexity index is 566. The van der Waals surface area contributed by atoms with E-state index in [1.54, 1.807) is 0 Å². The summed E-state index contributed by atoms with van der Waals surface area (Å²) in [6, 6.07) is 0. The van der Waals surface area contributed by atoms with Crippen molar-refractivity contribution in [3.8, 4) is 0 Å². The predicted molar refractivity (Wildman–Crippen MR) is 102 cm³/mol. The van der Waals surface area contributed by atoms with Gasteiger partial charge in [0.05, 0.1) is 13.2 Å². The first-order valence-corrected chi connectivity index (χ1v) is 9.08. The molecule has 0 bridgehead atoms. The summed E-state index contributed by atoms with van der Waals surface area (Å²) in [5.74, 6) is 0.661. The standard InChI is InChI=1S/C19H32N4O2/c1-14(2)16(15(3)17(20-5)22-19(4)6-7-19)18(24)21-8-9-23-10-12-25-13-11-23/h22H,5-13H2,1-4H3,(H,21,24)/b17-15-. The second-order valence-corrected chi connectivity index (χ2v) is 7.40. The summed E-state index contributed by atoms with van der Waals surface area (Å²) in [5.41, 5.74) is 2.62. The van der Waals surface area contributed by atoms with E-state index in [1.165, 1.54) is 0 Å². The number of morpholine rings is 1. The number of amides is 1. The lowest BCUT2D eigenvalue weighted by Crippen LogP contribution is -2.41. The maximum atomic E-state index is 12.7. The van der Waals surface area contributed by atoms with E-state index in [9.17, 15) is 4.79 Å². The molecule has 1 aliphatic carbocycles. The first-order valence-electron chi connectivity index (χ1n) is 9.08. The Kier molecular flexibility index (Phi) is 6.79. The summed E-state index contributed by atoms with van der Waals surface area (Å²) in [7, 11) is 0. The molecule has 0 atom stereocenters. The van der Waals surface area contributed by atoms with Crippen molar-refractivity contribution in [3.05, 3.63) is 22.5 Å². The molecule has 140 valence electrons. The molecular formula is C19H32N4O2. The molecular weight excluding hydrogens is 316 g/mol. The van der Waals surface area contributed by atoms with E-state index in [4.69, 9.17) is 4.74 Å². The average Bonchev–Trinajstić information content (AvgIpc) is 3.31. The molecule has 2 N–H and O–H groups in total. The normalized spacial score (nSPS) is 20.3. The summed E-state index contributed by atoms with van der Waals surface area (Å²) >= 11 is 0. The number of hydrogen-bond donors (Lipinski definition) is 2.